The molecule has 1 saturated carbocycles. The summed E-state index contributed by atoms with van der Waals surface area (Å²) in [7, 11) is 2.20. The van der Waals surface area contributed by atoms with E-state index in [1.807, 2.05) is 18.2 Å². The van der Waals surface area contributed by atoms with E-state index in [0.29, 0.717) is 23.5 Å². The van der Waals surface area contributed by atoms with Gasteiger partial charge in [0.05, 0.1) is 5.52 Å². The Morgan fingerprint density at radius 2 is 1.77 bits per heavy atom. The second-order valence-electron chi connectivity index (χ2n) is 9.10. The van der Waals surface area contributed by atoms with Crippen molar-refractivity contribution < 1.29 is 9.59 Å². The van der Waals surface area contributed by atoms with Crippen LogP contribution in [0.25, 0.3) is 10.9 Å². The van der Waals surface area contributed by atoms with Gasteiger partial charge in [-0.15, -0.1) is 0 Å². The van der Waals surface area contributed by atoms with Crippen molar-refractivity contribution in [2.75, 3.05) is 12.4 Å². The first-order valence-corrected chi connectivity index (χ1v) is 11.2. The van der Waals surface area contributed by atoms with Crippen molar-refractivity contribution in [2.24, 2.45) is 0 Å². The number of rotatable bonds is 4. The third-order valence-corrected chi connectivity index (χ3v) is 7.16. The molecular formula is C22H30N6O2. The largest absolute Gasteiger partial charge is 0.348 e. The van der Waals surface area contributed by atoms with Crippen LogP contribution in [0.1, 0.15) is 61.9 Å². The Kier molecular flexibility index (Phi) is 5.10. The van der Waals surface area contributed by atoms with Crippen molar-refractivity contribution >= 4 is 28.5 Å². The minimum absolute atomic E-state index is 0.130. The third-order valence-electron chi connectivity index (χ3n) is 7.16. The van der Waals surface area contributed by atoms with Gasteiger partial charge in [0.25, 0.3) is 5.91 Å². The lowest BCUT2D eigenvalue weighted by Gasteiger charge is -2.36. The van der Waals surface area contributed by atoms with Crippen molar-refractivity contribution in [1.29, 1.82) is 0 Å². The Labute approximate surface area is 176 Å². The van der Waals surface area contributed by atoms with Crippen LogP contribution in [0.5, 0.6) is 0 Å². The summed E-state index contributed by atoms with van der Waals surface area (Å²) in [4.78, 5) is 27.5. The molecule has 3 heterocycles. The molecule has 3 aliphatic rings. The van der Waals surface area contributed by atoms with Crippen LogP contribution < -0.4 is 16.0 Å². The van der Waals surface area contributed by atoms with E-state index in [0.717, 1.165) is 36.6 Å². The van der Waals surface area contributed by atoms with Crippen LogP contribution in [0, 0.1) is 0 Å². The van der Waals surface area contributed by atoms with Crippen LogP contribution in [0.2, 0.25) is 0 Å². The van der Waals surface area contributed by atoms with Gasteiger partial charge in [-0.05, 0) is 63.8 Å². The molecule has 30 heavy (non-hydrogen) atoms. The summed E-state index contributed by atoms with van der Waals surface area (Å²) >= 11 is 0. The van der Waals surface area contributed by atoms with Crippen LogP contribution >= 0.6 is 0 Å². The standard InChI is InChI=1S/C22H30N6O2/c1-28-16-7-8-17(28)11-15(10-16)23-21(29)20-18-9-6-14(12-19(18)26-27-20)25-22(30)24-13-4-2-3-5-13/h6,9,12-13,15-17H,2-5,7-8,10-11H2,1H3,(H,23,29)(H,26,27)(H2,24,25,30). The maximum absolute atomic E-state index is 12.9. The second-order valence-corrected chi connectivity index (χ2v) is 9.10. The topological polar surface area (TPSA) is 102 Å². The Bertz CT molecular complexity index is 936. The van der Waals surface area contributed by atoms with Gasteiger partial charge >= 0.3 is 6.03 Å². The van der Waals surface area contributed by atoms with Crippen LogP contribution in [0.3, 0.4) is 0 Å². The highest BCUT2D eigenvalue weighted by molar-refractivity contribution is 6.05. The molecule has 0 radical (unpaired) electrons. The number of nitrogens with one attached hydrogen (secondary N) is 4. The summed E-state index contributed by atoms with van der Waals surface area (Å²) in [5, 5.41) is 17.1. The number of H-pyrrole nitrogens is 1. The molecule has 8 heteroatoms. The lowest BCUT2D eigenvalue weighted by molar-refractivity contribution is 0.0879. The van der Waals surface area contributed by atoms with Crippen LogP contribution in [-0.2, 0) is 0 Å². The molecule has 4 N–H and O–H groups in total. The number of benzene rings is 1. The first kappa shape index (κ1) is 19.4. The molecule has 1 aromatic heterocycles. The molecule has 0 spiro atoms. The van der Waals surface area contributed by atoms with Crippen LogP contribution in [-0.4, -0.2) is 58.3 Å². The molecule has 2 atom stereocenters. The number of hydrogen-bond acceptors (Lipinski definition) is 4. The van der Waals surface area contributed by atoms with Gasteiger partial charge in [-0.1, -0.05) is 12.8 Å². The molecule has 1 aliphatic carbocycles. The Morgan fingerprint density at radius 3 is 2.50 bits per heavy atom. The molecule has 8 nitrogen and oxygen atoms in total. The van der Waals surface area contributed by atoms with E-state index in [9.17, 15) is 9.59 Å². The van der Waals surface area contributed by atoms with E-state index < -0.39 is 0 Å². The van der Waals surface area contributed by atoms with Crippen LogP contribution in [0.15, 0.2) is 18.2 Å². The van der Waals surface area contributed by atoms with Gasteiger partial charge in [0.2, 0.25) is 0 Å². The number of urea groups is 1. The number of anilines is 1. The van der Waals surface area contributed by atoms with E-state index in [-0.39, 0.29) is 24.0 Å². The first-order valence-electron chi connectivity index (χ1n) is 11.2. The highest BCUT2D eigenvalue weighted by atomic mass is 16.2. The maximum Gasteiger partial charge on any atom is 0.319 e. The monoisotopic (exact) mass is 410 g/mol. The highest BCUT2D eigenvalue weighted by Crippen LogP contribution is 2.34. The summed E-state index contributed by atoms with van der Waals surface area (Å²) in [6.07, 6.45) is 8.90. The zero-order chi connectivity index (χ0) is 20.7. The lowest BCUT2D eigenvalue weighted by Crippen LogP contribution is -2.48. The molecule has 160 valence electrons. The maximum atomic E-state index is 12.9. The number of carbonyl (C=O) groups excluding carboxylic acids is 2. The van der Waals surface area contributed by atoms with E-state index in [1.165, 1.54) is 25.7 Å². The van der Waals surface area contributed by atoms with E-state index in [1.54, 1.807) is 0 Å². The number of amides is 3. The molecule has 3 amide bonds. The fourth-order valence-corrected chi connectivity index (χ4v) is 5.48. The molecule has 2 aromatic rings. The molecular weight excluding hydrogens is 380 g/mol. The summed E-state index contributed by atoms with van der Waals surface area (Å²) in [6, 6.07) is 6.93. The highest BCUT2D eigenvalue weighted by Gasteiger charge is 2.39. The predicted molar refractivity (Wildman–Crippen MR) is 116 cm³/mol. The molecule has 2 bridgehead atoms. The van der Waals surface area contributed by atoms with E-state index in [2.05, 4.69) is 38.1 Å². The smallest absolute Gasteiger partial charge is 0.319 e. The zero-order valence-electron chi connectivity index (χ0n) is 17.4. The van der Waals surface area contributed by atoms with Crippen molar-refractivity contribution in [2.45, 2.75) is 75.5 Å². The van der Waals surface area contributed by atoms with Crippen molar-refractivity contribution in [3.8, 4) is 0 Å². The quantitative estimate of drug-likeness (QED) is 0.622. The normalized spacial score (nSPS) is 26.8. The van der Waals surface area contributed by atoms with E-state index >= 15 is 0 Å². The summed E-state index contributed by atoms with van der Waals surface area (Å²) in [5.41, 5.74) is 1.83. The van der Waals surface area contributed by atoms with Crippen LogP contribution in [0.4, 0.5) is 10.5 Å². The summed E-state index contributed by atoms with van der Waals surface area (Å²) in [5.74, 6) is -0.130. The minimum atomic E-state index is -0.185. The number of fused-ring (bicyclic) bond motifs is 3. The Morgan fingerprint density at radius 1 is 1.03 bits per heavy atom. The molecule has 3 fully saturated rings. The average Bonchev–Trinajstić information content (AvgIpc) is 3.41. The number of carbonyl (C=O) groups is 2. The molecule has 2 aliphatic heterocycles. The number of hydrogen-bond donors (Lipinski definition) is 4. The van der Waals surface area contributed by atoms with Crippen molar-refractivity contribution in [3.63, 3.8) is 0 Å². The fraction of sp³-hybridized carbons (Fsp3) is 0.591. The first-order chi connectivity index (χ1) is 14.6. The summed E-state index contributed by atoms with van der Waals surface area (Å²) < 4.78 is 0. The van der Waals surface area contributed by atoms with Crippen molar-refractivity contribution in [1.82, 2.24) is 25.7 Å². The van der Waals surface area contributed by atoms with Gasteiger partial charge in [0.1, 0.15) is 0 Å². The van der Waals surface area contributed by atoms with Gasteiger partial charge in [0, 0.05) is 35.2 Å². The average molecular weight is 411 g/mol. The van der Waals surface area contributed by atoms with Gasteiger partial charge < -0.3 is 20.9 Å². The third kappa shape index (κ3) is 3.76. The molecule has 1 aromatic carbocycles. The van der Waals surface area contributed by atoms with Gasteiger partial charge in [0.15, 0.2) is 5.69 Å². The second kappa shape index (κ2) is 7.91. The number of aromatic nitrogens is 2. The Hall–Kier alpha value is -2.61. The predicted octanol–water partition coefficient (Wildman–Crippen LogP) is 2.98. The number of aromatic amines is 1. The van der Waals surface area contributed by atoms with Gasteiger partial charge in [-0.3, -0.25) is 9.89 Å². The van der Waals surface area contributed by atoms with Gasteiger partial charge in [-0.2, -0.15) is 5.10 Å². The zero-order valence-corrected chi connectivity index (χ0v) is 17.4. The molecule has 2 unspecified atom stereocenters. The molecule has 2 saturated heterocycles. The lowest BCUT2D eigenvalue weighted by atomic mass is 9.98. The van der Waals surface area contributed by atoms with Gasteiger partial charge in [-0.25, -0.2) is 4.79 Å². The summed E-state index contributed by atoms with van der Waals surface area (Å²) in [6.45, 7) is 0. The Balaban J connectivity index is 1.23. The fourth-order valence-electron chi connectivity index (χ4n) is 5.48. The minimum Gasteiger partial charge on any atom is -0.348 e. The SMILES string of the molecule is CN1C2CCC1CC(NC(=O)c1n[nH]c3cc(NC(=O)NC4CCCC4)ccc13)C2. The molecule has 5 rings (SSSR count). The van der Waals surface area contributed by atoms with E-state index in [4.69, 9.17) is 0 Å². The number of nitrogens with zero attached hydrogens (tertiary/aromatic N) is 2. The van der Waals surface area contributed by atoms with Crippen molar-refractivity contribution in [3.05, 3.63) is 23.9 Å². The number of piperidine rings is 1.